The van der Waals surface area contributed by atoms with E-state index in [0.717, 1.165) is 12.0 Å². The number of carbonyl (C=O) groups excluding carboxylic acids is 4. The van der Waals surface area contributed by atoms with E-state index in [9.17, 15) is 24.3 Å². The number of amides is 3. The predicted molar refractivity (Wildman–Crippen MR) is 170 cm³/mol. The number of hydrogen-bond acceptors (Lipinski definition) is 8. The molecule has 0 heterocycles. The number of ether oxygens (including phenoxy) is 2. The van der Waals surface area contributed by atoms with Gasteiger partial charge in [0, 0.05) is 18.2 Å². The van der Waals surface area contributed by atoms with Crippen molar-refractivity contribution in [1.29, 1.82) is 0 Å². The first-order chi connectivity index (χ1) is 20.6. The van der Waals surface area contributed by atoms with Gasteiger partial charge in [0.1, 0.15) is 35.1 Å². The maximum atomic E-state index is 14.3. The van der Waals surface area contributed by atoms with Crippen LogP contribution in [0.3, 0.4) is 0 Å². The number of benzene rings is 2. The fourth-order valence-corrected chi connectivity index (χ4v) is 5.01. The van der Waals surface area contributed by atoms with Gasteiger partial charge in [-0.05, 0) is 84.1 Å². The molecule has 2 aromatic carbocycles. The second-order valence-corrected chi connectivity index (χ2v) is 13.4. The molecule has 2 aromatic rings. The van der Waals surface area contributed by atoms with Crippen molar-refractivity contribution < 1.29 is 33.8 Å². The van der Waals surface area contributed by atoms with E-state index in [2.05, 4.69) is 23.3 Å². The minimum absolute atomic E-state index is 0.00929. The van der Waals surface area contributed by atoms with E-state index in [1.54, 1.807) is 53.7 Å². The number of esters is 1. The Bertz CT molecular complexity index is 1290. The average Bonchev–Trinajstić information content (AvgIpc) is 2.89. The van der Waals surface area contributed by atoms with Crippen molar-refractivity contribution in [2.75, 3.05) is 5.75 Å². The maximum absolute atomic E-state index is 14.3. The van der Waals surface area contributed by atoms with Crippen molar-refractivity contribution in [2.24, 2.45) is 0 Å². The molecule has 1 fully saturated rings. The Labute approximate surface area is 265 Å². The van der Waals surface area contributed by atoms with E-state index in [1.165, 1.54) is 17.0 Å². The fraction of sp³-hybridized carbons (Fsp3) is 0.515. The number of phenolic OH excluding ortho intramolecular Hbond substituents is 1. The van der Waals surface area contributed by atoms with Crippen molar-refractivity contribution in [1.82, 2.24) is 15.5 Å². The normalized spacial score (nSPS) is 15.6. The third-order valence-corrected chi connectivity index (χ3v) is 7.29. The highest BCUT2D eigenvalue weighted by Crippen LogP contribution is 2.34. The number of rotatable bonds is 11. The van der Waals surface area contributed by atoms with Crippen molar-refractivity contribution >= 4 is 36.5 Å². The van der Waals surface area contributed by atoms with Crippen LogP contribution in [0.25, 0.3) is 0 Å². The Morgan fingerprint density at radius 3 is 1.98 bits per heavy atom. The van der Waals surface area contributed by atoms with Gasteiger partial charge in [-0.1, -0.05) is 42.5 Å². The van der Waals surface area contributed by atoms with E-state index in [-0.39, 0.29) is 24.0 Å². The molecule has 1 saturated carbocycles. The van der Waals surface area contributed by atoms with Gasteiger partial charge < -0.3 is 30.1 Å². The van der Waals surface area contributed by atoms with Crippen LogP contribution in [0.1, 0.15) is 78.0 Å². The fourth-order valence-electron chi connectivity index (χ4n) is 4.76. The van der Waals surface area contributed by atoms with E-state index in [0.29, 0.717) is 18.4 Å². The van der Waals surface area contributed by atoms with E-state index in [4.69, 9.17) is 9.47 Å². The number of alkyl carbamates (subject to hydrolysis) is 1. The van der Waals surface area contributed by atoms with E-state index in [1.807, 2.05) is 30.3 Å². The minimum atomic E-state index is -1.18. The SMILES string of the molecule is CC(C)(C)OC(=O)NC(CS)C(=O)N(C1CCC1)C(C(=O)NC(Cc1ccccc1)C(=O)OC(C)(C)C)c1ccc(O)cc1. The number of nitrogens with zero attached hydrogens (tertiary/aromatic N) is 1. The summed E-state index contributed by atoms with van der Waals surface area (Å²) in [5, 5.41) is 15.5. The summed E-state index contributed by atoms with van der Waals surface area (Å²) in [6, 6.07) is 11.6. The lowest BCUT2D eigenvalue weighted by Crippen LogP contribution is -2.59. The monoisotopic (exact) mass is 627 g/mol. The van der Waals surface area contributed by atoms with Crippen LogP contribution in [0.15, 0.2) is 54.6 Å². The maximum Gasteiger partial charge on any atom is 0.408 e. The second kappa shape index (κ2) is 14.8. The summed E-state index contributed by atoms with van der Waals surface area (Å²) in [5.41, 5.74) is -0.341. The Balaban J connectivity index is 2.01. The summed E-state index contributed by atoms with van der Waals surface area (Å²) >= 11 is 4.34. The van der Waals surface area contributed by atoms with Crippen LogP contribution in [0.4, 0.5) is 4.79 Å². The van der Waals surface area contributed by atoms with Crippen LogP contribution < -0.4 is 10.6 Å². The zero-order chi connectivity index (χ0) is 32.7. The summed E-state index contributed by atoms with van der Waals surface area (Å²) in [6.07, 6.45) is 1.55. The number of nitrogens with one attached hydrogen (secondary N) is 2. The Morgan fingerprint density at radius 1 is 0.886 bits per heavy atom. The summed E-state index contributed by atoms with van der Waals surface area (Å²) in [4.78, 5) is 56.0. The van der Waals surface area contributed by atoms with E-state index < -0.39 is 53.2 Å². The van der Waals surface area contributed by atoms with Crippen molar-refractivity contribution in [3.63, 3.8) is 0 Å². The highest BCUT2D eigenvalue weighted by molar-refractivity contribution is 7.80. The van der Waals surface area contributed by atoms with Gasteiger partial charge in [0.25, 0.3) is 0 Å². The van der Waals surface area contributed by atoms with Crippen LogP contribution in [-0.2, 0) is 30.3 Å². The molecule has 0 aromatic heterocycles. The van der Waals surface area contributed by atoms with Crippen molar-refractivity contribution in [3.8, 4) is 5.75 Å². The lowest BCUT2D eigenvalue weighted by Gasteiger charge is -2.43. The molecule has 0 aliphatic heterocycles. The molecule has 3 amide bonds. The summed E-state index contributed by atoms with van der Waals surface area (Å²) in [5.74, 6) is -1.77. The van der Waals surface area contributed by atoms with Crippen molar-refractivity contribution in [2.45, 2.75) is 103 Å². The van der Waals surface area contributed by atoms with Crippen LogP contribution in [0.5, 0.6) is 5.75 Å². The summed E-state index contributed by atoms with van der Waals surface area (Å²) in [7, 11) is 0. The summed E-state index contributed by atoms with van der Waals surface area (Å²) < 4.78 is 11.0. The first kappa shape index (κ1) is 34.8. The lowest BCUT2D eigenvalue weighted by atomic mass is 9.88. The molecule has 1 aliphatic carbocycles. The van der Waals surface area contributed by atoms with Gasteiger partial charge in [0.05, 0.1) is 0 Å². The zero-order valence-electron chi connectivity index (χ0n) is 26.3. The number of phenols is 1. The molecule has 3 unspecified atom stereocenters. The third kappa shape index (κ3) is 10.2. The topological polar surface area (TPSA) is 134 Å². The molecule has 240 valence electrons. The van der Waals surface area contributed by atoms with Gasteiger partial charge in [-0.3, -0.25) is 9.59 Å². The molecule has 0 bridgehead atoms. The van der Waals surface area contributed by atoms with Gasteiger partial charge in [-0.15, -0.1) is 0 Å². The van der Waals surface area contributed by atoms with Gasteiger partial charge in [-0.2, -0.15) is 12.6 Å². The van der Waals surface area contributed by atoms with Crippen LogP contribution in [-0.4, -0.2) is 69.0 Å². The first-order valence-corrected chi connectivity index (χ1v) is 15.5. The van der Waals surface area contributed by atoms with Crippen LogP contribution in [0, 0.1) is 0 Å². The Hall–Kier alpha value is -3.73. The molecule has 0 saturated heterocycles. The van der Waals surface area contributed by atoms with Crippen LogP contribution >= 0.6 is 12.6 Å². The Morgan fingerprint density at radius 2 is 1.48 bits per heavy atom. The number of thiol groups is 1. The number of carbonyl (C=O) groups is 4. The highest BCUT2D eigenvalue weighted by atomic mass is 32.1. The quantitative estimate of drug-likeness (QED) is 0.210. The predicted octanol–water partition coefficient (Wildman–Crippen LogP) is 4.71. The molecule has 0 spiro atoms. The molecule has 1 aliphatic rings. The smallest absolute Gasteiger partial charge is 0.408 e. The molecule has 11 heteroatoms. The second-order valence-electron chi connectivity index (χ2n) is 13.0. The molecular weight excluding hydrogens is 582 g/mol. The number of hydrogen-bond donors (Lipinski definition) is 4. The van der Waals surface area contributed by atoms with Gasteiger partial charge in [0.15, 0.2) is 0 Å². The van der Waals surface area contributed by atoms with Gasteiger partial charge in [0.2, 0.25) is 11.8 Å². The first-order valence-electron chi connectivity index (χ1n) is 14.9. The molecule has 44 heavy (non-hydrogen) atoms. The largest absolute Gasteiger partial charge is 0.508 e. The number of aromatic hydroxyl groups is 1. The molecule has 3 atom stereocenters. The van der Waals surface area contributed by atoms with Gasteiger partial charge >= 0.3 is 12.1 Å². The Kier molecular flexibility index (Phi) is 11.7. The standard InChI is InChI=1S/C33H45N3O7S/c1-32(2,3)42-30(40)25(19-21-11-8-7-9-12-21)34-28(38)27(22-15-17-24(37)18-16-22)36(23-13-10-14-23)29(39)26(20-44)35-31(41)43-33(4,5)6/h7-9,11-12,15-18,23,25-27,37,44H,10,13-14,19-20H2,1-6H3,(H,34,38)(H,35,41). The van der Waals surface area contributed by atoms with Crippen molar-refractivity contribution in [3.05, 3.63) is 65.7 Å². The summed E-state index contributed by atoms with van der Waals surface area (Å²) in [6.45, 7) is 10.4. The molecule has 10 nitrogen and oxygen atoms in total. The minimum Gasteiger partial charge on any atom is -0.508 e. The van der Waals surface area contributed by atoms with Gasteiger partial charge in [-0.25, -0.2) is 9.59 Å². The highest BCUT2D eigenvalue weighted by Gasteiger charge is 2.43. The third-order valence-electron chi connectivity index (χ3n) is 6.92. The molecule has 3 rings (SSSR count). The lowest BCUT2D eigenvalue weighted by molar-refractivity contribution is -0.159. The van der Waals surface area contributed by atoms with E-state index >= 15 is 0 Å². The average molecular weight is 628 g/mol. The molecular formula is C33H45N3O7S. The molecule has 3 N–H and O–H groups in total. The molecule has 0 radical (unpaired) electrons. The zero-order valence-corrected chi connectivity index (χ0v) is 27.2. The van der Waals surface area contributed by atoms with Crippen LogP contribution in [0.2, 0.25) is 0 Å².